The van der Waals surface area contributed by atoms with Gasteiger partial charge in [0.1, 0.15) is 5.75 Å². The van der Waals surface area contributed by atoms with Crippen molar-refractivity contribution in [2.45, 2.75) is 19.4 Å². The highest BCUT2D eigenvalue weighted by Gasteiger charge is 2.12. The summed E-state index contributed by atoms with van der Waals surface area (Å²) in [4.78, 5) is 11.1. The first-order valence-corrected chi connectivity index (χ1v) is 6.64. The van der Waals surface area contributed by atoms with E-state index in [9.17, 15) is 9.90 Å². The summed E-state index contributed by atoms with van der Waals surface area (Å²) in [5.74, 6) is 0.0496. The third-order valence-electron chi connectivity index (χ3n) is 3.41. The van der Waals surface area contributed by atoms with Crippen molar-refractivity contribution >= 4 is 16.7 Å². The zero-order chi connectivity index (χ0) is 14.5. The lowest BCUT2D eigenvalue weighted by Crippen LogP contribution is -2.22. The van der Waals surface area contributed by atoms with Crippen LogP contribution in [0.3, 0.4) is 0 Å². The van der Waals surface area contributed by atoms with Crippen molar-refractivity contribution in [1.82, 2.24) is 5.32 Å². The van der Waals surface area contributed by atoms with Crippen molar-refractivity contribution < 1.29 is 14.6 Å². The average Bonchev–Trinajstić information content (AvgIpc) is 2.47. The first kappa shape index (κ1) is 14.3. The molecule has 0 aliphatic rings. The SMILES string of the molecule is COC(=O)CCNC(C)c1ccc2ccccc2c1O. The van der Waals surface area contributed by atoms with E-state index in [2.05, 4.69) is 10.1 Å². The Labute approximate surface area is 118 Å². The van der Waals surface area contributed by atoms with E-state index in [1.165, 1.54) is 7.11 Å². The summed E-state index contributed by atoms with van der Waals surface area (Å²) in [7, 11) is 1.38. The molecule has 0 aliphatic heterocycles. The highest BCUT2D eigenvalue weighted by Crippen LogP contribution is 2.32. The molecule has 0 spiro atoms. The molecule has 106 valence electrons. The lowest BCUT2D eigenvalue weighted by Gasteiger charge is -2.16. The van der Waals surface area contributed by atoms with E-state index in [4.69, 9.17) is 0 Å². The van der Waals surface area contributed by atoms with E-state index in [1.807, 2.05) is 43.3 Å². The van der Waals surface area contributed by atoms with Gasteiger partial charge in [-0.1, -0.05) is 36.4 Å². The van der Waals surface area contributed by atoms with Gasteiger partial charge in [-0.05, 0) is 12.3 Å². The molecule has 2 rings (SSSR count). The van der Waals surface area contributed by atoms with Crippen LogP contribution >= 0.6 is 0 Å². The molecule has 0 saturated carbocycles. The quantitative estimate of drug-likeness (QED) is 0.822. The fourth-order valence-corrected chi connectivity index (χ4v) is 2.22. The van der Waals surface area contributed by atoms with Crippen molar-refractivity contribution in [2.24, 2.45) is 0 Å². The number of esters is 1. The predicted octanol–water partition coefficient (Wildman–Crippen LogP) is 2.76. The van der Waals surface area contributed by atoms with Crippen molar-refractivity contribution in [3.63, 3.8) is 0 Å². The van der Waals surface area contributed by atoms with Gasteiger partial charge in [0.05, 0.1) is 13.5 Å². The van der Waals surface area contributed by atoms with Gasteiger partial charge in [-0.25, -0.2) is 0 Å². The molecule has 1 unspecified atom stereocenters. The van der Waals surface area contributed by atoms with Gasteiger partial charge in [0.25, 0.3) is 0 Å². The van der Waals surface area contributed by atoms with Gasteiger partial charge >= 0.3 is 5.97 Å². The minimum absolute atomic E-state index is 0.0377. The van der Waals surface area contributed by atoms with E-state index in [1.54, 1.807) is 0 Å². The third-order valence-corrected chi connectivity index (χ3v) is 3.41. The summed E-state index contributed by atoms with van der Waals surface area (Å²) in [6.07, 6.45) is 0.315. The van der Waals surface area contributed by atoms with Crippen LogP contribution in [0.15, 0.2) is 36.4 Å². The molecule has 20 heavy (non-hydrogen) atoms. The highest BCUT2D eigenvalue weighted by molar-refractivity contribution is 5.89. The van der Waals surface area contributed by atoms with Crippen LogP contribution in [0, 0.1) is 0 Å². The van der Waals surface area contributed by atoms with Gasteiger partial charge in [-0.2, -0.15) is 0 Å². The lowest BCUT2D eigenvalue weighted by molar-refractivity contribution is -0.140. The minimum atomic E-state index is -0.243. The molecule has 0 saturated heterocycles. The van der Waals surface area contributed by atoms with Crippen LogP contribution in [0.2, 0.25) is 0 Å². The van der Waals surface area contributed by atoms with Gasteiger partial charge in [0, 0.05) is 23.5 Å². The number of hydrogen-bond donors (Lipinski definition) is 2. The maximum atomic E-state index is 11.1. The summed E-state index contributed by atoms with van der Waals surface area (Å²) in [5, 5.41) is 15.4. The fourth-order valence-electron chi connectivity index (χ4n) is 2.22. The first-order chi connectivity index (χ1) is 9.63. The number of ether oxygens (including phenoxy) is 1. The Morgan fingerprint density at radius 3 is 2.80 bits per heavy atom. The number of phenolic OH excluding ortho intramolecular Hbond substituents is 1. The van der Waals surface area contributed by atoms with Gasteiger partial charge < -0.3 is 15.2 Å². The summed E-state index contributed by atoms with van der Waals surface area (Å²) < 4.78 is 4.59. The van der Waals surface area contributed by atoms with Crippen LogP contribution < -0.4 is 5.32 Å². The number of hydrogen-bond acceptors (Lipinski definition) is 4. The maximum Gasteiger partial charge on any atom is 0.306 e. The number of fused-ring (bicyclic) bond motifs is 1. The van der Waals surface area contributed by atoms with Crippen LogP contribution in [0.4, 0.5) is 0 Å². The standard InChI is InChI=1S/C16H19NO3/c1-11(17-10-9-15(18)20-2)13-8-7-12-5-3-4-6-14(12)16(13)19/h3-8,11,17,19H,9-10H2,1-2H3. The number of carbonyl (C=O) groups excluding carboxylic acids is 1. The summed E-state index contributed by atoms with van der Waals surface area (Å²) in [6.45, 7) is 2.47. The van der Waals surface area contributed by atoms with Crippen molar-refractivity contribution in [2.75, 3.05) is 13.7 Å². The normalized spacial score (nSPS) is 12.3. The molecule has 0 fully saturated rings. The second-order valence-corrected chi connectivity index (χ2v) is 4.73. The number of methoxy groups -OCH3 is 1. The molecule has 0 radical (unpaired) electrons. The van der Waals surface area contributed by atoms with E-state index in [0.29, 0.717) is 18.7 Å². The molecular weight excluding hydrogens is 254 g/mol. The molecule has 0 aromatic heterocycles. The smallest absolute Gasteiger partial charge is 0.306 e. The van der Waals surface area contributed by atoms with E-state index >= 15 is 0 Å². The lowest BCUT2D eigenvalue weighted by atomic mass is 10.0. The Morgan fingerprint density at radius 2 is 2.05 bits per heavy atom. The average molecular weight is 273 g/mol. The Kier molecular flexibility index (Phi) is 4.58. The van der Waals surface area contributed by atoms with E-state index in [-0.39, 0.29) is 12.0 Å². The second-order valence-electron chi connectivity index (χ2n) is 4.73. The van der Waals surface area contributed by atoms with Crippen LogP contribution in [0.25, 0.3) is 10.8 Å². The largest absolute Gasteiger partial charge is 0.507 e. The van der Waals surface area contributed by atoms with Gasteiger partial charge in [-0.3, -0.25) is 4.79 Å². The first-order valence-electron chi connectivity index (χ1n) is 6.64. The zero-order valence-corrected chi connectivity index (χ0v) is 11.7. The van der Waals surface area contributed by atoms with Gasteiger partial charge in [0.2, 0.25) is 0 Å². The molecule has 2 aromatic rings. The Hall–Kier alpha value is -2.07. The summed E-state index contributed by atoms with van der Waals surface area (Å²) in [6, 6.07) is 11.6. The molecule has 4 nitrogen and oxygen atoms in total. The van der Waals surface area contributed by atoms with Crippen LogP contribution in [-0.2, 0) is 9.53 Å². The Morgan fingerprint density at radius 1 is 1.30 bits per heavy atom. The predicted molar refractivity (Wildman–Crippen MR) is 78.7 cm³/mol. The minimum Gasteiger partial charge on any atom is -0.507 e. The summed E-state index contributed by atoms with van der Waals surface area (Å²) >= 11 is 0. The molecular formula is C16H19NO3. The number of carbonyl (C=O) groups is 1. The molecule has 2 N–H and O–H groups in total. The second kappa shape index (κ2) is 6.39. The monoisotopic (exact) mass is 273 g/mol. The number of rotatable bonds is 5. The highest BCUT2D eigenvalue weighted by atomic mass is 16.5. The number of benzene rings is 2. The number of phenols is 1. The number of aromatic hydroxyl groups is 1. The zero-order valence-electron chi connectivity index (χ0n) is 11.7. The van der Waals surface area contributed by atoms with Crippen LogP contribution in [0.5, 0.6) is 5.75 Å². The van der Waals surface area contributed by atoms with Gasteiger partial charge in [0.15, 0.2) is 0 Å². The van der Waals surface area contributed by atoms with Crippen LogP contribution in [-0.4, -0.2) is 24.7 Å². The molecule has 0 heterocycles. The molecule has 4 heteroatoms. The van der Waals surface area contributed by atoms with E-state index < -0.39 is 0 Å². The Bertz CT molecular complexity index is 610. The molecule has 2 aromatic carbocycles. The maximum absolute atomic E-state index is 11.1. The summed E-state index contributed by atoms with van der Waals surface area (Å²) in [5.41, 5.74) is 0.827. The fraction of sp³-hybridized carbons (Fsp3) is 0.312. The molecule has 0 bridgehead atoms. The van der Waals surface area contributed by atoms with Gasteiger partial charge in [-0.15, -0.1) is 0 Å². The van der Waals surface area contributed by atoms with Crippen LogP contribution in [0.1, 0.15) is 24.9 Å². The molecule has 1 atom stereocenters. The molecule has 0 amide bonds. The van der Waals surface area contributed by atoms with Crippen molar-refractivity contribution in [3.8, 4) is 5.75 Å². The van der Waals surface area contributed by atoms with Crippen molar-refractivity contribution in [1.29, 1.82) is 0 Å². The number of nitrogens with one attached hydrogen (secondary N) is 1. The third kappa shape index (κ3) is 3.08. The Balaban J connectivity index is 2.12. The van der Waals surface area contributed by atoms with Crippen molar-refractivity contribution in [3.05, 3.63) is 42.0 Å². The topological polar surface area (TPSA) is 58.6 Å². The van der Waals surface area contributed by atoms with E-state index in [0.717, 1.165) is 16.3 Å². The molecule has 0 aliphatic carbocycles.